The number of nitriles is 1. The first-order chi connectivity index (χ1) is 11.9. The number of halogens is 2. The van der Waals surface area contributed by atoms with Crippen molar-refractivity contribution in [1.29, 1.82) is 5.26 Å². The predicted molar refractivity (Wildman–Crippen MR) is 85.7 cm³/mol. The number of carboxylic acid groups (broad SMARTS) is 1. The van der Waals surface area contributed by atoms with Crippen LogP contribution in [0.2, 0.25) is 0 Å². The summed E-state index contributed by atoms with van der Waals surface area (Å²) >= 11 is 0. The highest BCUT2D eigenvalue weighted by Crippen LogP contribution is 2.18. The Morgan fingerprint density at radius 1 is 1.12 bits per heavy atom. The molecule has 0 fully saturated rings. The van der Waals surface area contributed by atoms with Crippen molar-refractivity contribution in [2.45, 2.75) is 0 Å². The van der Waals surface area contributed by atoms with Crippen LogP contribution in [0.5, 0.6) is 0 Å². The average molecular weight is 343 g/mol. The number of rotatable bonds is 5. The van der Waals surface area contributed by atoms with Crippen LogP contribution in [0.25, 0.3) is 0 Å². The number of hydrogen-bond donors (Lipinski definition) is 3. The van der Waals surface area contributed by atoms with Gasteiger partial charge >= 0.3 is 5.97 Å². The molecule has 0 saturated carbocycles. The van der Waals surface area contributed by atoms with E-state index in [9.17, 15) is 18.4 Å². The topological polar surface area (TPSA) is 102 Å². The molecule has 0 saturated heterocycles. The van der Waals surface area contributed by atoms with E-state index < -0.39 is 34.8 Å². The molecule has 126 valence electrons. The second-order valence-electron chi connectivity index (χ2n) is 4.75. The molecule has 0 unspecified atom stereocenters. The third-order valence-corrected chi connectivity index (χ3v) is 3.06. The third-order valence-electron chi connectivity index (χ3n) is 3.06. The Balaban J connectivity index is 2.17. The van der Waals surface area contributed by atoms with Crippen LogP contribution in [0, 0.1) is 23.0 Å². The van der Waals surface area contributed by atoms with E-state index in [2.05, 4.69) is 10.6 Å². The monoisotopic (exact) mass is 343 g/mol. The van der Waals surface area contributed by atoms with Crippen molar-refractivity contribution in [3.8, 4) is 6.07 Å². The van der Waals surface area contributed by atoms with Crippen molar-refractivity contribution in [2.24, 2.45) is 0 Å². The van der Waals surface area contributed by atoms with E-state index in [1.807, 2.05) is 0 Å². The Kier molecular flexibility index (Phi) is 5.43. The maximum atomic E-state index is 13.5. The van der Waals surface area contributed by atoms with Crippen molar-refractivity contribution in [2.75, 3.05) is 10.6 Å². The Hall–Kier alpha value is -3.73. The average Bonchev–Trinajstić information content (AvgIpc) is 2.57. The number of aromatic carboxylic acids is 1. The molecule has 25 heavy (non-hydrogen) atoms. The van der Waals surface area contributed by atoms with Gasteiger partial charge in [0.1, 0.15) is 29.0 Å². The summed E-state index contributed by atoms with van der Waals surface area (Å²) in [6.45, 7) is 0. The summed E-state index contributed by atoms with van der Waals surface area (Å²) in [5.74, 6) is -3.82. The minimum Gasteiger partial charge on any atom is -0.478 e. The molecule has 0 atom stereocenters. The van der Waals surface area contributed by atoms with E-state index >= 15 is 0 Å². The molecule has 0 aliphatic carbocycles. The van der Waals surface area contributed by atoms with Gasteiger partial charge < -0.3 is 15.7 Å². The molecule has 0 radical (unpaired) electrons. The first-order valence-electron chi connectivity index (χ1n) is 6.88. The molecule has 0 aromatic heterocycles. The maximum Gasteiger partial charge on any atom is 0.335 e. The van der Waals surface area contributed by atoms with Gasteiger partial charge in [0.2, 0.25) is 0 Å². The second-order valence-corrected chi connectivity index (χ2v) is 4.75. The normalized spacial score (nSPS) is 10.7. The van der Waals surface area contributed by atoms with E-state index in [-0.39, 0.29) is 11.3 Å². The fourth-order valence-electron chi connectivity index (χ4n) is 1.86. The van der Waals surface area contributed by atoms with Crippen molar-refractivity contribution in [3.63, 3.8) is 0 Å². The molecule has 2 aromatic carbocycles. The predicted octanol–water partition coefficient (Wildman–Crippen LogP) is 3.12. The fourth-order valence-corrected chi connectivity index (χ4v) is 1.86. The number of carbonyl (C=O) groups excluding carboxylic acids is 1. The van der Waals surface area contributed by atoms with Crippen LogP contribution in [-0.2, 0) is 4.79 Å². The SMILES string of the molecule is N#C/C(=C/Nc1c(F)cccc1F)C(=O)Nc1cccc(C(=O)O)c1. The van der Waals surface area contributed by atoms with Crippen LogP contribution in [0.15, 0.2) is 54.2 Å². The van der Waals surface area contributed by atoms with Gasteiger partial charge in [-0.25, -0.2) is 13.6 Å². The van der Waals surface area contributed by atoms with Crippen molar-refractivity contribution < 1.29 is 23.5 Å². The maximum absolute atomic E-state index is 13.5. The molecule has 2 rings (SSSR count). The Morgan fingerprint density at radius 2 is 1.76 bits per heavy atom. The fraction of sp³-hybridized carbons (Fsp3) is 0. The number of anilines is 2. The molecule has 0 aliphatic heterocycles. The lowest BCUT2D eigenvalue weighted by Gasteiger charge is -2.07. The second kappa shape index (κ2) is 7.70. The summed E-state index contributed by atoms with van der Waals surface area (Å²) in [5.41, 5.74) is -0.853. The molecule has 0 spiro atoms. The first-order valence-corrected chi connectivity index (χ1v) is 6.88. The molecular formula is C17H11F2N3O3. The number of carboxylic acids is 1. The summed E-state index contributed by atoms with van der Waals surface area (Å²) in [6, 6.07) is 10.2. The number of carbonyl (C=O) groups is 2. The number of nitrogens with one attached hydrogen (secondary N) is 2. The van der Waals surface area contributed by atoms with Crippen LogP contribution in [0.1, 0.15) is 10.4 Å². The van der Waals surface area contributed by atoms with Crippen molar-refractivity contribution in [1.82, 2.24) is 0 Å². The molecular weight excluding hydrogens is 332 g/mol. The quantitative estimate of drug-likeness (QED) is 0.572. The van der Waals surface area contributed by atoms with E-state index in [4.69, 9.17) is 10.4 Å². The Morgan fingerprint density at radius 3 is 2.36 bits per heavy atom. The lowest BCUT2D eigenvalue weighted by atomic mass is 10.2. The summed E-state index contributed by atoms with van der Waals surface area (Å²) in [5, 5.41) is 22.5. The standard InChI is InChI=1S/C17H11F2N3O3/c18-13-5-2-6-14(19)15(13)21-9-11(8-20)16(23)22-12-4-1-3-10(7-12)17(24)25/h1-7,9,21H,(H,22,23)(H,24,25)/b11-9-. The van der Waals surface area contributed by atoms with Gasteiger partial charge in [-0.15, -0.1) is 0 Å². The summed E-state index contributed by atoms with van der Waals surface area (Å²) < 4.78 is 27.0. The van der Waals surface area contributed by atoms with E-state index in [1.54, 1.807) is 6.07 Å². The third kappa shape index (κ3) is 4.39. The van der Waals surface area contributed by atoms with Crippen LogP contribution >= 0.6 is 0 Å². The van der Waals surface area contributed by atoms with Gasteiger partial charge in [0.05, 0.1) is 5.56 Å². The zero-order valence-corrected chi connectivity index (χ0v) is 12.6. The Labute approximate surface area is 141 Å². The molecule has 6 nitrogen and oxygen atoms in total. The molecule has 0 bridgehead atoms. The number of benzene rings is 2. The van der Waals surface area contributed by atoms with Crippen LogP contribution in [0.3, 0.4) is 0 Å². The van der Waals surface area contributed by atoms with Gasteiger partial charge in [0, 0.05) is 11.9 Å². The van der Waals surface area contributed by atoms with Gasteiger partial charge in [0.15, 0.2) is 0 Å². The highest BCUT2D eigenvalue weighted by atomic mass is 19.1. The van der Waals surface area contributed by atoms with Gasteiger partial charge in [-0.1, -0.05) is 12.1 Å². The van der Waals surface area contributed by atoms with Crippen molar-refractivity contribution >= 4 is 23.3 Å². The van der Waals surface area contributed by atoms with Crippen LogP contribution < -0.4 is 10.6 Å². The van der Waals surface area contributed by atoms with E-state index in [0.717, 1.165) is 18.3 Å². The molecule has 1 amide bonds. The molecule has 8 heteroatoms. The van der Waals surface area contributed by atoms with Gasteiger partial charge in [0.25, 0.3) is 5.91 Å². The summed E-state index contributed by atoms with van der Waals surface area (Å²) in [6.07, 6.45) is 0.859. The molecule has 3 N–H and O–H groups in total. The highest BCUT2D eigenvalue weighted by molar-refractivity contribution is 6.07. The molecule has 2 aromatic rings. The van der Waals surface area contributed by atoms with Crippen molar-refractivity contribution in [3.05, 3.63) is 71.4 Å². The highest BCUT2D eigenvalue weighted by Gasteiger charge is 2.12. The zero-order valence-electron chi connectivity index (χ0n) is 12.6. The van der Waals surface area contributed by atoms with E-state index in [0.29, 0.717) is 0 Å². The van der Waals surface area contributed by atoms with Gasteiger partial charge in [-0.2, -0.15) is 5.26 Å². The lowest BCUT2D eigenvalue weighted by molar-refractivity contribution is -0.112. The number of nitrogens with zero attached hydrogens (tertiary/aromatic N) is 1. The largest absolute Gasteiger partial charge is 0.478 e. The van der Waals surface area contributed by atoms with Crippen LogP contribution in [0.4, 0.5) is 20.2 Å². The van der Waals surface area contributed by atoms with Crippen LogP contribution in [-0.4, -0.2) is 17.0 Å². The van der Waals surface area contributed by atoms with Gasteiger partial charge in [-0.3, -0.25) is 4.79 Å². The summed E-state index contributed by atoms with van der Waals surface area (Å²) in [4.78, 5) is 22.9. The molecule has 0 heterocycles. The molecule has 0 aliphatic rings. The smallest absolute Gasteiger partial charge is 0.335 e. The Bertz CT molecular complexity index is 884. The first kappa shape index (κ1) is 17.6. The number of hydrogen-bond acceptors (Lipinski definition) is 4. The van der Waals surface area contributed by atoms with Gasteiger partial charge in [-0.05, 0) is 30.3 Å². The summed E-state index contributed by atoms with van der Waals surface area (Å²) in [7, 11) is 0. The number of para-hydroxylation sites is 1. The minimum absolute atomic E-state index is 0.0492. The van der Waals surface area contributed by atoms with E-state index in [1.165, 1.54) is 30.3 Å². The number of amides is 1. The minimum atomic E-state index is -1.18. The zero-order chi connectivity index (χ0) is 18.4. The lowest BCUT2D eigenvalue weighted by Crippen LogP contribution is -2.15.